The average molecular weight is 923 g/mol. The Morgan fingerprint density at radius 2 is 1.13 bits per heavy atom. The van der Waals surface area contributed by atoms with E-state index in [-0.39, 0.29) is 30.8 Å². The molecule has 0 spiro atoms. The van der Waals surface area contributed by atoms with Crippen LogP contribution in [0.5, 0.6) is 0 Å². The minimum Gasteiger partial charge on any atom is -0.492 e. The van der Waals surface area contributed by atoms with Gasteiger partial charge >= 0.3 is 17.9 Å². The van der Waals surface area contributed by atoms with Crippen molar-refractivity contribution >= 4 is 63.9 Å². The molecule has 0 atom stereocenters. The first-order valence-electron chi connectivity index (χ1n) is 22.2. The third-order valence-electron chi connectivity index (χ3n) is 9.54. The van der Waals surface area contributed by atoms with Crippen LogP contribution in [-0.4, -0.2) is 67.7 Å². The largest absolute Gasteiger partial charge is 0.492 e. The number of ketones is 2. The number of carbonyl (C=O) groups is 7. The summed E-state index contributed by atoms with van der Waals surface area (Å²) < 4.78 is 26.8. The third kappa shape index (κ3) is 16.1. The number of hydrogen-bond donors (Lipinski definition) is 1. The normalized spacial score (nSPS) is 12.8. The molecule has 0 radical (unpaired) electrons. The summed E-state index contributed by atoms with van der Waals surface area (Å²) in [5.41, 5.74) is 5.99. The predicted molar refractivity (Wildman–Crippen MR) is 259 cm³/mol. The van der Waals surface area contributed by atoms with E-state index in [1.54, 1.807) is 24.3 Å². The van der Waals surface area contributed by atoms with Gasteiger partial charge in [-0.05, 0) is 82.5 Å². The SMILES string of the molecule is C.CC(=O)OC(C)=O.CCCC(=O)c1ccc2c(c1)/C(=C(/OCC)c1ccccc1)C(=O)N2C(C)=O.CCCC(=O)c1ccc2c(c1)CC(=O)N2.CCOC(OCC)(OCC)c1ccccc1. The van der Waals surface area contributed by atoms with Gasteiger partial charge in [-0.2, -0.15) is 0 Å². The van der Waals surface area contributed by atoms with Crippen LogP contribution in [0.15, 0.2) is 97.1 Å². The monoisotopic (exact) mass is 922 g/mol. The standard InChI is InChI=1S/C23H23NO4.C13H20O3.C12H13NO2.C4H6O3.CH4/c1-4-9-20(26)17-12-13-19-18(14-17)21(23(27)24(19)15(3)25)22(28-5-2)16-10-7-6-8-11-16;1-4-14-13(15-5-2,16-6-3)12-10-8-7-9-11-12;1-2-3-11(14)8-4-5-10-9(6-8)7-12(15)13-10;1-3(5)7-4(2)6;/h6-8,10-14H,4-5,9H2,1-3H3;7-11H,4-6H2,1-3H3;4-6H,2-3,7H2,1H3,(H,13,15);1-2H3;1H4/b22-21-;;;;. The van der Waals surface area contributed by atoms with Crippen molar-refractivity contribution in [2.24, 2.45) is 0 Å². The van der Waals surface area contributed by atoms with Crippen LogP contribution in [0.3, 0.4) is 0 Å². The van der Waals surface area contributed by atoms with Gasteiger partial charge < -0.3 is 29.0 Å². The Labute approximate surface area is 395 Å². The number of Topliss-reactive ketones (excluding diaryl/α,β-unsaturated/α-hetero) is 2. The molecule has 14 nitrogen and oxygen atoms in total. The quantitative estimate of drug-likeness (QED) is 0.0281. The maximum atomic E-state index is 13.2. The molecule has 0 unspecified atom stereocenters. The zero-order valence-electron chi connectivity index (χ0n) is 39.4. The number of esters is 2. The average Bonchev–Trinajstić information content (AvgIpc) is 3.81. The summed E-state index contributed by atoms with van der Waals surface area (Å²) in [6, 6.07) is 29.5. The van der Waals surface area contributed by atoms with E-state index in [4.69, 9.17) is 18.9 Å². The summed E-state index contributed by atoms with van der Waals surface area (Å²) in [5.74, 6) is -2.41. The van der Waals surface area contributed by atoms with Gasteiger partial charge in [0.15, 0.2) is 11.6 Å². The molecule has 4 aromatic carbocycles. The van der Waals surface area contributed by atoms with Gasteiger partial charge in [-0.1, -0.05) is 81.9 Å². The summed E-state index contributed by atoms with van der Waals surface area (Å²) in [6.45, 7) is 17.2. The topological polar surface area (TPSA) is 181 Å². The van der Waals surface area contributed by atoms with Crippen LogP contribution in [0.1, 0.15) is 138 Å². The molecule has 0 fully saturated rings. The van der Waals surface area contributed by atoms with Crippen molar-refractivity contribution in [3.8, 4) is 0 Å². The number of amides is 3. The van der Waals surface area contributed by atoms with Crippen LogP contribution in [0, 0.1) is 0 Å². The number of fused-ring (bicyclic) bond motifs is 2. The second kappa shape index (κ2) is 28.4. The second-order valence-electron chi connectivity index (χ2n) is 14.6. The lowest BCUT2D eigenvalue weighted by Crippen LogP contribution is -2.36. The van der Waals surface area contributed by atoms with Crippen molar-refractivity contribution in [2.45, 2.75) is 108 Å². The van der Waals surface area contributed by atoms with Gasteiger partial charge in [-0.15, -0.1) is 0 Å². The molecule has 2 heterocycles. The summed E-state index contributed by atoms with van der Waals surface area (Å²) in [6.07, 6.45) is 2.99. The molecule has 0 aromatic heterocycles. The fraction of sp³-hybridized carbons (Fsp3) is 0.377. The molecular formula is C53H66N2O12. The molecule has 1 N–H and O–H groups in total. The summed E-state index contributed by atoms with van der Waals surface area (Å²) in [4.78, 5) is 81.3. The van der Waals surface area contributed by atoms with Crippen molar-refractivity contribution in [1.82, 2.24) is 0 Å². The van der Waals surface area contributed by atoms with Gasteiger partial charge in [0.25, 0.3) is 5.91 Å². The van der Waals surface area contributed by atoms with Crippen molar-refractivity contribution in [2.75, 3.05) is 36.6 Å². The molecule has 0 bridgehead atoms. The van der Waals surface area contributed by atoms with E-state index in [0.717, 1.165) is 40.1 Å². The van der Waals surface area contributed by atoms with Crippen LogP contribution in [0.25, 0.3) is 11.3 Å². The third-order valence-corrected chi connectivity index (χ3v) is 9.54. The highest BCUT2D eigenvalue weighted by Gasteiger charge is 2.39. The van der Waals surface area contributed by atoms with Crippen LogP contribution >= 0.6 is 0 Å². The number of anilines is 2. The minimum atomic E-state index is -1.06. The molecule has 4 aromatic rings. The number of rotatable bonds is 16. The number of benzene rings is 4. The lowest BCUT2D eigenvalue weighted by Gasteiger charge is -2.32. The second-order valence-corrected chi connectivity index (χ2v) is 14.6. The fourth-order valence-electron chi connectivity index (χ4n) is 6.94. The Hall–Kier alpha value is -6.61. The fourth-order valence-corrected chi connectivity index (χ4v) is 6.94. The highest BCUT2D eigenvalue weighted by molar-refractivity contribution is 6.43. The Morgan fingerprint density at radius 1 is 0.627 bits per heavy atom. The molecule has 6 rings (SSSR count). The van der Waals surface area contributed by atoms with E-state index in [1.165, 1.54) is 20.8 Å². The highest BCUT2D eigenvalue weighted by Crippen LogP contribution is 2.42. The minimum absolute atomic E-state index is 0. The molecule has 0 saturated heterocycles. The molecule has 360 valence electrons. The molecule has 0 saturated carbocycles. The molecule has 67 heavy (non-hydrogen) atoms. The van der Waals surface area contributed by atoms with Crippen LogP contribution in [0.4, 0.5) is 11.4 Å². The van der Waals surface area contributed by atoms with Gasteiger partial charge in [-0.3, -0.25) is 33.6 Å². The Morgan fingerprint density at radius 3 is 1.60 bits per heavy atom. The number of imide groups is 1. The molecular weight excluding hydrogens is 857 g/mol. The Kier molecular flexibility index (Phi) is 24.0. The van der Waals surface area contributed by atoms with E-state index in [2.05, 4.69) is 10.1 Å². The molecule has 0 aliphatic carbocycles. The zero-order chi connectivity index (χ0) is 48.8. The van der Waals surface area contributed by atoms with Crippen molar-refractivity contribution in [1.29, 1.82) is 0 Å². The number of nitrogens with one attached hydrogen (secondary N) is 1. The number of carbonyl (C=O) groups excluding carboxylic acids is 7. The van der Waals surface area contributed by atoms with Crippen LogP contribution in [0.2, 0.25) is 0 Å². The van der Waals surface area contributed by atoms with Gasteiger partial charge in [0.1, 0.15) is 5.76 Å². The maximum Gasteiger partial charge on any atom is 0.311 e. The first-order chi connectivity index (χ1) is 31.6. The molecule has 2 aliphatic heterocycles. The number of hydrogen-bond acceptors (Lipinski definition) is 12. The first kappa shape index (κ1) is 56.5. The zero-order valence-corrected chi connectivity index (χ0v) is 39.4. The van der Waals surface area contributed by atoms with E-state index in [1.807, 2.05) is 114 Å². The number of ether oxygens (including phenoxy) is 5. The van der Waals surface area contributed by atoms with Gasteiger partial charge in [0, 0.05) is 86.9 Å². The smallest absolute Gasteiger partial charge is 0.311 e. The van der Waals surface area contributed by atoms with Crippen LogP contribution < -0.4 is 10.2 Å². The van der Waals surface area contributed by atoms with Gasteiger partial charge in [-0.25, -0.2) is 4.90 Å². The van der Waals surface area contributed by atoms with E-state index in [9.17, 15) is 33.6 Å². The van der Waals surface area contributed by atoms with Crippen molar-refractivity contribution < 1.29 is 57.2 Å². The highest BCUT2D eigenvalue weighted by atomic mass is 16.9. The van der Waals surface area contributed by atoms with Crippen molar-refractivity contribution in [3.63, 3.8) is 0 Å². The van der Waals surface area contributed by atoms with E-state index in [0.29, 0.717) is 79.4 Å². The first-order valence-corrected chi connectivity index (χ1v) is 22.2. The van der Waals surface area contributed by atoms with E-state index < -0.39 is 23.8 Å². The molecule has 2 aliphatic rings. The van der Waals surface area contributed by atoms with Gasteiger partial charge in [0.05, 0.1) is 24.3 Å². The predicted octanol–water partition coefficient (Wildman–Crippen LogP) is 10.3. The van der Waals surface area contributed by atoms with E-state index >= 15 is 0 Å². The molecule has 3 amide bonds. The lowest BCUT2D eigenvalue weighted by atomic mass is 9.97. The van der Waals surface area contributed by atoms with Crippen LogP contribution in [-0.2, 0) is 60.1 Å². The summed E-state index contributed by atoms with van der Waals surface area (Å²) >= 11 is 0. The van der Waals surface area contributed by atoms with Gasteiger partial charge in [0.2, 0.25) is 11.8 Å². The maximum absolute atomic E-state index is 13.2. The molecule has 14 heteroatoms. The Balaban J connectivity index is 0.000000338. The lowest BCUT2D eigenvalue weighted by molar-refractivity contribution is -0.389. The summed E-state index contributed by atoms with van der Waals surface area (Å²) in [7, 11) is 0. The number of nitrogens with zero attached hydrogens (tertiary/aromatic N) is 1. The van der Waals surface area contributed by atoms with Crippen molar-refractivity contribution in [3.05, 3.63) is 130 Å². The summed E-state index contributed by atoms with van der Waals surface area (Å²) in [5, 5.41) is 2.75. The Bertz CT molecular complexity index is 2310.